The van der Waals surface area contributed by atoms with Crippen LogP contribution in [0.25, 0.3) is 0 Å². The number of rotatable bonds is 6. The lowest BCUT2D eigenvalue weighted by atomic mass is 10.1. The highest BCUT2D eigenvalue weighted by Crippen LogP contribution is 2.03. The molecule has 5 nitrogen and oxygen atoms in total. The Morgan fingerprint density at radius 2 is 1.89 bits per heavy atom. The maximum absolute atomic E-state index is 11.7. The smallest absolute Gasteiger partial charge is 0.251 e. The number of carbonyl (C=O) groups excluding carboxylic acids is 1. The van der Waals surface area contributed by atoms with Crippen LogP contribution in [0.3, 0.4) is 0 Å². The molecule has 0 aliphatic rings. The van der Waals surface area contributed by atoms with Crippen LogP contribution in [-0.4, -0.2) is 32.4 Å². The summed E-state index contributed by atoms with van der Waals surface area (Å²) in [4.78, 5) is 11.7. The quantitative estimate of drug-likeness (QED) is 0.778. The standard InChI is InChI=1S/C12H18N2O3S/c1-2-18(16,17)8-7-14-12(15)11-5-3-10(9-13)4-6-11/h3-6H,2,7-9,13H2,1H3,(H,14,15). The first-order chi connectivity index (χ1) is 8.48. The van der Waals surface area contributed by atoms with Gasteiger partial charge in [-0.2, -0.15) is 0 Å². The summed E-state index contributed by atoms with van der Waals surface area (Å²) in [6.45, 7) is 2.15. The maximum atomic E-state index is 11.7. The van der Waals surface area contributed by atoms with Crippen molar-refractivity contribution in [3.05, 3.63) is 35.4 Å². The molecule has 0 spiro atoms. The van der Waals surface area contributed by atoms with Crippen molar-refractivity contribution in [3.8, 4) is 0 Å². The average molecular weight is 270 g/mol. The van der Waals surface area contributed by atoms with Crippen molar-refractivity contribution in [2.45, 2.75) is 13.5 Å². The molecule has 0 fully saturated rings. The highest BCUT2D eigenvalue weighted by atomic mass is 32.2. The van der Waals surface area contributed by atoms with Crippen LogP contribution in [0.2, 0.25) is 0 Å². The van der Waals surface area contributed by atoms with E-state index in [2.05, 4.69) is 5.32 Å². The van der Waals surface area contributed by atoms with Gasteiger partial charge in [0.05, 0.1) is 5.75 Å². The maximum Gasteiger partial charge on any atom is 0.251 e. The Morgan fingerprint density at radius 3 is 2.39 bits per heavy atom. The summed E-state index contributed by atoms with van der Waals surface area (Å²) in [6, 6.07) is 6.90. The Kier molecular flexibility index (Phi) is 5.30. The Balaban J connectivity index is 2.50. The molecule has 0 radical (unpaired) electrons. The van der Waals surface area contributed by atoms with E-state index in [0.29, 0.717) is 12.1 Å². The molecule has 0 saturated heterocycles. The van der Waals surface area contributed by atoms with E-state index in [-0.39, 0.29) is 24.0 Å². The van der Waals surface area contributed by atoms with Gasteiger partial charge in [0.15, 0.2) is 9.84 Å². The van der Waals surface area contributed by atoms with Crippen LogP contribution in [0.4, 0.5) is 0 Å². The van der Waals surface area contributed by atoms with Crippen molar-refractivity contribution < 1.29 is 13.2 Å². The SMILES string of the molecule is CCS(=O)(=O)CCNC(=O)c1ccc(CN)cc1. The minimum Gasteiger partial charge on any atom is -0.351 e. The fourth-order valence-electron chi connectivity index (χ4n) is 1.36. The summed E-state index contributed by atoms with van der Waals surface area (Å²) in [7, 11) is -3.04. The molecule has 1 amide bonds. The van der Waals surface area contributed by atoms with Gasteiger partial charge in [0.1, 0.15) is 0 Å². The van der Waals surface area contributed by atoms with Crippen LogP contribution < -0.4 is 11.1 Å². The summed E-state index contributed by atoms with van der Waals surface area (Å²) >= 11 is 0. The summed E-state index contributed by atoms with van der Waals surface area (Å²) in [5.74, 6) is -0.214. The third-order valence-electron chi connectivity index (χ3n) is 2.59. The Bertz CT molecular complexity index is 495. The number of nitrogens with one attached hydrogen (secondary N) is 1. The van der Waals surface area contributed by atoms with Gasteiger partial charge < -0.3 is 11.1 Å². The van der Waals surface area contributed by atoms with E-state index in [1.54, 1.807) is 31.2 Å². The number of amides is 1. The van der Waals surface area contributed by atoms with E-state index in [0.717, 1.165) is 5.56 Å². The van der Waals surface area contributed by atoms with E-state index in [1.165, 1.54) is 0 Å². The largest absolute Gasteiger partial charge is 0.351 e. The van der Waals surface area contributed by atoms with Crippen LogP contribution in [0.15, 0.2) is 24.3 Å². The van der Waals surface area contributed by atoms with Gasteiger partial charge in [-0.1, -0.05) is 19.1 Å². The average Bonchev–Trinajstić information content (AvgIpc) is 2.38. The second-order valence-corrected chi connectivity index (χ2v) is 6.37. The first kappa shape index (κ1) is 14.7. The minimum atomic E-state index is -3.04. The molecule has 3 N–H and O–H groups in total. The summed E-state index contributed by atoms with van der Waals surface area (Å²) < 4.78 is 22.5. The normalized spacial score (nSPS) is 11.2. The zero-order chi connectivity index (χ0) is 13.6. The predicted molar refractivity (Wildman–Crippen MR) is 71.0 cm³/mol. The van der Waals surface area contributed by atoms with Crippen LogP contribution in [0.1, 0.15) is 22.8 Å². The first-order valence-corrected chi connectivity index (χ1v) is 7.58. The molecule has 0 aromatic heterocycles. The number of hydrogen-bond acceptors (Lipinski definition) is 4. The van der Waals surface area contributed by atoms with Gasteiger partial charge in [0.25, 0.3) is 5.91 Å². The summed E-state index contributed by atoms with van der Waals surface area (Å²) in [5, 5.41) is 2.58. The number of hydrogen-bond donors (Lipinski definition) is 2. The number of benzene rings is 1. The van der Waals surface area contributed by atoms with Crippen LogP contribution >= 0.6 is 0 Å². The zero-order valence-corrected chi connectivity index (χ0v) is 11.2. The van der Waals surface area contributed by atoms with Crippen molar-refractivity contribution in [1.82, 2.24) is 5.32 Å². The molecule has 18 heavy (non-hydrogen) atoms. The van der Waals surface area contributed by atoms with Gasteiger partial charge in [-0.25, -0.2) is 8.42 Å². The third-order valence-corrected chi connectivity index (χ3v) is 4.30. The molecule has 0 aliphatic carbocycles. The van der Waals surface area contributed by atoms with Gasteiger partial charge in [-0.05, 0) is 17.7 Å². The monoisotopic (exact) mass is 270 g/mol. The highest BCUT2D eigenvalue weighted by molar-refractivity contribution is 7.91. The molecule has 0 saturated carbocycles. The molecule has 1 aromatic rings. The van der Waals surface area contributed by atoms with Crippen molar-refractivity contribution >= 4 is 15.7 Å². The molecular formula is C12H18N2O3S. The Labute approximate surface area is 107 Å². The molecule has 1 rings (SSSR count). The van der Waals surface area contributed by atoms with E-state index >= 15 is 0 Å². The molecule has 0 bridgehead atoms. The third kappa shape index (κ3) is 4.46. The fraction of sp³-hybridized carbons (Fsp3) is 0.417. The molecule has 0 unspecified atom stereocenters. The number of nitrogens with two attached hydrogens (primary N) is 1. The van der Waals surface area contributed by atoms with Gasteiger partial charge in [-0.3, -0.25) is 4.79 Å². The lowest BCUT2D eigenvalue weighted by Crippen LogP contribution is -2.29. The Morgan fingerprint density at radius 1 is 1.28 bits per heavy atom. The van der Waals surface area contributed by atoms with Gasteiger partial charge in [-0.15, -0.1) is 0 Å². The van der Waals surface area contributed by atoms with E-state index < -0.39 is 9.84 Å². The zero-order valence-electron chi connectivity index (χ0n) is 10.3. The molecule has 6 heteroatoms. The Hall–Kier alpha value is -1.40. The lowest BCUT2D eigenvalue weighted by Gasteiger charge is -2.05. The van der Waals surface area contributed by atoms with Crippen LogP contribution in [0.5, 0.6) is 0 Å². The summed E-state index contributed by atoms with van der Waals surface area (Å²) in [6.07, 6.45) is 0. The van der Waals surface area contributed by atoms with Gasteiger partial charge in [0, 0.05) is 24.4 Å². The van der Waals surface area contributed by atoms with Crippen LogP contribution in [-0.2, 0) is 16.4 Å². The van der Waals surface area contributed by atoms with Crippen molar-refractivity contribution in [2.24, 2.45) is 5.73 Å². The minimum absolute atomic E-state index is 0.0316. The molecular weight excluding hydrogens is 252 g/mol. The fourth-order valence-corrected chi connectivity index (χ4v) is 2.06. The second-order valence-electron chi connectivity index (χ2n) is 3.89. The molecule has 0 aliphatic heterocycles. The van der Waals surface area contributed by atoms with E-state index in [1.807, 2.05) is 0 Å². The molecule has 0 heterocycles. The molecule has 1 aromatic carbocycles. The first-order valence-electron chi connectivity index (χ1n) is 5.76. The topological polar surface area (TPSA) is 89.3 Å². The lowest BCUT2D eigenvalue weighted by molar-refractivity contribution is 0.0956. The van der Waals surface area contributed by atoms with Crippen molar-refractivity contribution in [3.63, 3.8) is 0 Å². The molecule has 0 atom stereocenters. The number of sulfone groups is 1. The predicted octanol–water partition coefficient (Wildman–Crippen LogP) is 0.310. The van der Waals surface area contributed by atoms with Gasteiger partial charge in [0.2, 0.25) is 0 Å². The van der Waals surface area contributed by atoms with Crippen molar-refractivity contribution in [1.29, 1.82) is 0 Å². The molecule has 100 valence electrons. The highest BCUT2D eigenvalue weighted by Gasteiger charge is 2.09. The van der Waals surface area contributed by atoms with E-state index in [4.69, 9.17) is 5.73 Å². The summed E-state index contributed by atoms with van der Waals surface area (Å²) in [5.41, 5.74) is 6.90. The second kappa shape index (κ2) is 6.51. The van der Waals surface area contributed by atoms with Gasteiger partial charge >= 0.3 is 0 Å². The number of carbonyl (C=O) groups is 1. The van der Waals surface area contributed by atoms with Crippen molar-refractivity contribution in [2.75, 3.05) is 18.1 Å². The van der Waals surface area contributed by atoms with E-state index in [9.17, 15) is 13.2 Å². The van der Waals surface area contributed by atoms with Crippen LogP contribution in [0, 0.1) is 0 Å².